The number of hydrogen-bond acceptors (Lipinski definition) is 4. The van der Waals surface area contributed by atoms with Gasteiger partial charge in [-0.1, -0.05) is 54.6 Å². The Kier molecular flexibility index (Phi) is 7.69. The molecule has 6 nitrogen and oxygen atoms in total. The topological polar surface area (TPSA) is 105 Å². The Labute approximate surface area is 317 Å². The molecule has 9 rings (SSSR count). The smallest absolute Gasteiger partial charge is 0.309 e. The lowest BCUT2D eigenvalue weighted by atomic mass is 9.92. The van der Waals surface area contributed by atoms with E-state index in [1.807, 2.05) is 83.4 Å². The molecular weight excluding hydrogens is 706 g/mol. The van der Waals surface area contributed by atoms with Gasteiger partial charge in [0.1, 0.15) is 0 Å². The van der Waals surface area contributed by atoms with Crippen molar-refractivity contribution in [1.29, 1.82) is 21.0 Å². The van der Waals surface area contributed by atoms with E-state index in [2.05, 4.69) is 22.8 Å². The first kappa shape index (κ1) is 33.7. The van der Waals surface area contributed by atoms with Crippen LogP contribution in [0.25, 0.3) is 77.2 Å². The van der Waals surface area contributed by atoms with Crippen LogP contribution < -0.4 is 0 Å². The molecule has 7 aromatic carbocycles. The monoisotopic (exact) mass is 728 g/mol. The van der Waals surface area contributed by atoms with Crippen LogP contribution in [-0.4, -0.2) is 9.13 Å². The molecule has 262 valence electrons. The molecule has 0 aliphatic rings. The van der Waals surface area contributed by atoms with E-state index in [9.17, 15) is 34.2 Å². The lowest BCUT2D eigenvalue weighted by Gasteiger charge is -2.21. The minimum absolute atomic E-state index is 0.0986. The van der Waals surface area contributed by atoms with E-state index < -0.39 is 11.7 Å². The van der Waals surface area contributed by atoms with Crippen molar-refractivity contribution in [2.75, 3.05) is 0 Å². The molecular formula is C47H23F3N6. The number of rotatable bonds is 4. The summed E-state index contributed by atoms with van der Waals surface area (Å²) in [6.07, 6.45) is -4.75. The number of para-hydroxylation sites is 2. The van der Waals surface area contributed by atoms with E-state index in [4.69, 9.17) is 0 Å². The molecule has 2 heterocycles. The van der Waals surface area contributed by atoms with E-state index in [1.54, 1.807) is 48.5 Å². The first-order valence-electron chi connectivity index (χ1n) is 17.4. The summed E-state index contributed by atoms with van der Waals surface area (Å²) in [5.41, 5.74) is 6.09. The molecule has 0 unspecified atom stereocenters. The molecule has 0 saturated carbocycles. The summed E-state index contributed by atoms with van der Waals surface area (Å²) in [4.78, 5) is 0. The summed E-state index contributed by atoms with van der Waals surface area (Å²) in [6, 6.07) is 48.9. The van der Waals surface area contributed by atoms with Gasteiger partial charge in [-0.05, 0) is 96.1 Å². The van der Waals surface area contributed by atoms with Crippen LogP contribution in [0.5, 0.6) is 0 Å². The molecule has 0 radical (unpaired) electrons. The highest BCUT2D eigenvalue weighted by atomic mass is 19.4. The second kappa shape index (κ2) is 12.8. The predicted octanol–water partition coefficient (Wildman–Crippen LogP) is 11.7. The number of benzene rings is 7. The lowest BCUT2D eigenvalue weighted by Crippen LogP contribution is -2.08. The Morgan fingerprint density at radius 1 is 0.393 bits per heavy atom. The Morgan fingerprint density at radius 2 is 0.857 bits per heavy atom. The van der Waals surface area contributed by atoms with Crippen LogP contribution in [0.4, 0.5) is 13.2 Å². The van der Waals surface area contributed by atoms with Gasteiger partial charge in [-0.3, -0.25) is 0 Å². The Balaban J connectivity index is 1.43. The van der Waals surface area contributed by atoms with Crippen LogP contribution in [0.15, 0.2) is 140 Å². The highest BCUT2D eigenvalue weighted by Crippen LogP contribution is 2.44. The number of nitrogens with zero attached hydrogens (tertiary/aromatic N) is 6. The van der Waals surface area contributed by atoms with E-state index >= 15 is 0 Å². The first-order chi connectivity index (χ1) is 27.2. The quantitative estimate of drug-likeness (QED) is 0.180. The summed E-state index contributed by atoms with van der Waals surface area (Å²) < 4.78 is 48.0. The Hall–Kier alpha value is -8.11. The molecule has 0 aliphatic heterocycles. The zero-order valence-corrected chi connectivity index (χ0v) is 29.1. The average Bonchev–Trinajstić information content (AvgIpc) is 3.74. The average molecular weight is 729 g/mol. The maximum atomic E-state index is 14.7. The molecule has 0 aliphatic carbocycles. The fraction of sp³-hybridized carbons (Fsp3) is 0.0213. The van der Waals surface area contributed by atoms with Crippen molar-refractivity contribution >= 4 is 43.6 Å². The molecule has 0 atom stereocenters. The molecule has 0 bridgehead atoms. The van der Waals surface area contributed by atoms with E-state index in [-0.39, 0.29) is 16.7 Å². The van der Waals surface area contributed by atoms with Crippen molar-refractivity contribution in [3.63, 3.8) is 0 Å². The van der Waals surface area contributed by atoms with Gasteiger partial charge in [0.05, 0.1) is 85.5 Å². The number of halogens is 3. The third-order valence-corrected chi connectivity index (χ3v) is 10.3. The number of fused-ring (bicyclic) bond motifs is 6. The second-order valence-corrected chi connectivity index (χ2v) is 13.3. The van der Waals surface area contributed by atoms with Gasteiger partial charge >= 0.3 is 6.18 Å². The van der Waals surface area contributed by atoms with Gasteiger partial charge in [-0.25, -0.2) is 0 Å². The number of alkyl halides is 3. The first-order valence-corrected chi connectivity index (χ1v) is 17.4. The van der Waals surface area contributed by atoms with Crippen molar-refractivity contribution in [2.24, 2.45) is 0 Å². The zero-order chi connectivity index (χ0) is 38.7. The van der Waals surface area contributed by atoms with E-state index in [0.717, 1.165) is 49.7 Å². The van der Waals surface area contributed by atoms with Crippen LogP contribution in [0.3, 0.4) is 0 Å². The lowest BCUT2D eigenvalue weighted by molar-refractivity contribution is -0.137. The highest BCUT2D eigenvalue weighted by Gasteiger charge is 2.34. The molecule has 0 amide bonds. The maximum Gasteiger partial charge on any atom is 0.417 e. The van der Waals surface area contributed by atoms with Gasteiger partial charge in [0.15, 0.2) is 0 Å². The van der Waals surface area contributed by atoms with Crippen molar-refractivity contribution in [3.05, 3.63) is 167 Å². The van der Waals surface area contributed by atoms with Crippen LogP contribution in [0.1, 0.15) is 27.8 Å². The SMILES string of the molecule is N#Cc1ccc(-n2c3ccccc3c3cc(C#N)ccc32)c(-c2ccc(-c3ccc(C#N)cc3C(F)(F)F)cc2-n2c3ccccc3c3cc(C#N)ccc32)c1. The van der Waals surface area contributed by atoms with Crippen LogP contribution in [-0.2, 0) is 6.18 Å². The number of aromatic nitrogens is 2. The van der Waals surface area contributed by atoms with Crippen LogP contribution >= 0.6 is 0 Å². The van der Waals surface area contributed by atoms with Crippen LogP contribution in [0.2, 0.25) is 0 Å². The van der Waals surface area contributed by atoms with Crippen molar-refractivity contribution in [2.45, 2.75) is 6.18 Å². The van der Waals surface area contributed by atoms with Gasteiger partial charge in [0, 0.05) is 32.7 Å². The Morgan fingerprint density at radius 3 is 1.43 bits per heavy atom. The van der Waals surface area contributed by atoms with Gasteiger partial charge in [0.25, 0.3) is 0 Å². The molecule has 0 N–H and O–H groups in total. The number of nitriles is 4. The summed E-state index contributed by atoms with van der Waals surface area (Å²) in [5.74, 6) is 0. The van der Waals surface area contributed by atoms with Gasteiger partial charge < -0.3 is 9.13 Å². The predicted molar refractivity (Wildman–Crippen MR) is 210 cm³/mol. The van der Waals surface area contributed by atoms with E-state index in [1.165, 1.54) is 12.1 Å². The molecule has 0 saturated heterocycles. The third kappa shape index (κ3) is 5.24. The molecule has 2 aromatic heterocycles. The summed E-state index contributed by atoms with van der Waals surface area (Å²) in [5, 5.41) is 42.7. The van der Waals surface area contributed by atoms with Crippen molar-refractivity contribution in [3.8, 4) is 57.9 Å². The molecule has 9 aromatic rings. The fourth-order valence-electron chi connectivity index (χ4n) is 7.83. The minimum atomic E-state index is -4.75. The Bertz CT molecular complexity index is 3300. The number of hydrogen-bond donors (Lipinski definition) is 0. The highest BCUT2D eigenvalue weighted by molar-refractivity contribution is 6.12. The van der Waals surface area contributed by atoms with Crippen molar-refractivity contribution < 1.29 is 13.2 Å². The zero-order valence-electron chi connectivity index (χ0n) is 29.1. The standard InChI is InChI=1S/C47H23F3N6/c48-47(49,50)40-22-31(27-54)9-14-33(40)32-13-15-36(46(23-32)56-42-8-4-2-6-35(42)38-20-29(25-52)12-18-45(38)56)39-21-30(26-53)11-17-44(39)55-41-7-3-1-5-34(41)37-19-28(24-51)10-16-43(37)55/h1-23H. The van der Waals surface area contributed by atoms with Gasteiger partial charge in [-0.15, -0.1) is 0 Å². The van der Waals surface area contributed by atoms with Gasteiger partial charge in [0.2, 0.25) is 0 Å². The largest absolute Gasteiger partial charge is 0.417 e. The van der Waals surface area contributed by atoms with Crippen molar-refractivity contribution in [1.82, 2.24) is 9.13 Å². The third-order valence-electron chi connectivity index (χ3n) is 10.3. The molecule has 0 spiro atoms. The van der Waals surface area contributed by atoms with E-state index in [0.29, 0.717) is 39.2 Å². The molecule has 56 heavy (non-hydrogen) atoms. The maximum absolute atomic E-state index is 14.7. The summed E-state index contributed by atoms with van der Waals surface area (Å²) in [6.45, 7) is 0. The van der Waals surface area contributed by atoms with Crippen LogP contribution in [0, 0.1) is 45.3 Å². The fourth-order valence-corrected chi connectivity index (χ4v) is 7.83. The summed E-state index contributed by atoms with van der Waals surface area (Å²) in [7, 11) is 0. The van der Waals surface area contributed by atoms with Gasteiger partial charge in [-0.2, -0.15) is 34.2 Å². The second-order valence-electron chi connectivity index (χ2n) is 13.3. The summed E-state index contributed by atoms with van der Waals surface area (Å²) >= 11 is 0. The molecule has 0 fully saturated rings. The normalized spacial score (nSPS) is 11.4. The molecule has 9 heteroatoms. The minimum Gasteiger partial charge on any atom is -0.309 e.